The summed E-state index contributed by atoms with van der Waals surface area (Å²) in [5.74, 6) is 1.10. The lowest BCUT2D eigenvalue weighted by atomic mass is 10.0. The Morgan fingerprint density at radius 1 is 1.10 bits per heavy atom. The summed E-state index contributed by atoms with van der Waals surface area (Å²) in [5, 5.41) is 1.97. The van der Waals surface area contributed by atoms with Crippen LogP contribution in [0.2, 0.25) is 18.1 Å². The minimum atomic E-state index is -2.18. The third kappa shape index (κ3) is 5.67. The van der Waals surface area contributed by atoms with Gasteiger partial charge in [-0.2, -0.15) is 5.06 Å². The van der Waals surface area contributed by atoms with Crippen LogP contribution < -0.4 is 9.47 Å². The summed E-state index contributed by atoms with van der Waals surface area (Å²) in [7, 11) is -0.769. The average molecular weight is 444 g/mol. The highest BCUT2D eigenvalue weighted by molar-refractivity contribution is 6.74. The molecule has 0 bridgehead atoms. The van der Waals surface area contributed by atoms with Crippen molar-refractivity contribution in [2.24, 2.45) is 0 Å². The molecule has 1 aliphatic heterocycles. The van der Waals surface area contributed by atoms with Gasteiger partial charge in [0.25, 0.3) is 0 Å². The van der Waals surface area contributed by atoms with Crippen molar-refractivity contribution in [2.75, 3.05) is 13.9 Å². The van der Waals surface area contributed by atoms with Gasteiger partial charge in [-0.3, -0.25) is 4.79 Å². The molecule has 6 nitrogen and oxygen atoms in total. The average Bonchev–Trinajstić information content (AvgIpc) is 3.19. The predicted octanol–water partition coefficient (Wildman–Crippen LogP) is 5.46. The second-order valence-corrected chi connectivity index (χ2v) is 14.0. The number of carbonyl (C=O) groups excluding carboxylic acids is 1. The van der Waals surface area contributed by atoms with Crippen LogP contribution in [-0.2, 0) is 20.6 Å². The van der Waals surface area contributed by atoms with Gasteiger partial charge in [0.15, 0.2) is 11.5 Å². The van der Waals surface area contributed by atoms with Crippen LogP contribution in [0.4, 0.5) is 0 Å². The van der Waals surface area contributed by atoms with E-state index in [0.717, 1.165) is 11.1 Å². The molecule has 31 heavy (non-hydrogen) atoms. The molecule has 0 fully saturated rings. The standard InChI is InChI=1S/C24H33NO5Si/c1-24(2,3)31(5,6)30-25(16-18-10-8-7-9-11-18)20(15-23(26)27-4)19-12-13-21-22(14-19)29-17-28-21/h7-14,20H,15-17H2,1-6H3/t20-/m0/s1. The number of hydroxylamine groups is 2. The molecule has 2 aromatic rings. The molecule has 0 aromatic heterocycles. The molecule has 0 saturated carbocycles. The highest BCUT2D eigenvalue weighted by Gasteiger charge is 2.41. The fraction of sp³-hybridized carbons (Fsp3) is 0.458. The van der Waals surface area contributed by atoms with E-state index in [4.69, 9.17) is 18.7 Å². The Bertz CT molecular complexity index is 895. The number of rotatable bonds is 8. The molecule has 0 amide bonds. The smallest absolute Gasteiger partial charge is 0.307 e. The SMILES string of the molecule is COC(=O)C[C@@H](c1ccc2c(c1)OCO2)N(Cc1ccccc1)O[Si](C)(C)C(C)(C)C. The maximum absolute atomic E-state index is 12.4. The molecule has 3 rings (SSSR count). The zero-order valence-electron chi connectivity index (χ0n) is 19.3. The van der Waals surface area contributed by atoms with Crippen molar-refractivity contribution in [1.29, 1.82) is 0 Å². The molecule has 0 aliphatic carbocycles. The Morgan fingerprint density at radius 3 is 2.42 bits per heavy atom. The van der Waals surface area contributed by atoms with E-state index in [1.807, 2.05) is 41.5 Å². The van der Waals surface area contributed by atoms with E-state index >= 15 is 0 Å². The molecule has 0 radical (unpaired) electrons. The zero-order chi connectivity index (χ0) is 22.6. The first-order valence-corrected chi connectivity index (χ1v) is 13.5. The Morgan fingerprint density at radius 2 is 1.77 bits per heavy atom. The van der Waals surface area contributed by atoms with Gasteiger partial charge in [0.2, 0.25) is 15.1 Å². The third-order valence-corrected chi connectivity index (χ3v) is 10.4. The molecule has 0 saturated heterocycles. The molecule has 1 heterocycles. The van der Waals surface area contributed by atoms with Gasteiger partial charge in [0.05, 0.1) is 19.6 Å². The van der Waals surface area contributed by atoms with Crippen molar-refractivity contribution in [3.05, 3.63) is 59.7 Å². The molecule has 1 atom stereocenters. The van der Waals surface area contributed by atoms with Gasteiger partial charge >= 0.3 is 5.97 Å². The number of hydrogen-bond acceptors (Lipinski definition) is 6. The van der Waals surface area contributed by atoms with Crippen LogP contribution in [0.5, 0.6) is 11.5 Å². The monoisotopic (exact) mass is 443 g/mol. The minimum absolute atomic E-state index is 0.00659. The number of esters is 1. The van der Waals surface area contributed by atoms with E-state index in [9.17, 15) is 4.79 Å². The highest BCUT2D eigenvalue weighted by Crippen LogP contribution is 2.41. The second-order valence-electron chi connectivity index (χ2n) is 9.32. The predicted molar refractivity (Wildman–Crippen MR) is 122 cm³/mol. The van der Waals surface area contributed by atoms with Gasteiger partial charge in [-0.05, 0) is 41.4 Å². The number of fused-ring (bicyclic) bond motifs is 1. The molecule has 168 valence electrons. The second kappa shape index (κ2) is 9.42. The first-order chi connectivity index (χ1) is 14.6. The fourth-order valence-corrected chi connectivity index (χ4v) is 4.20. The summed E-state index contributed by atoms with van der Waals surface area (Å²) in [6.45, 7) is 11.8. The summed E-state index contributed by atoms with van der Waals surface area (Å²) < 4.78 is 22.9. The number of hydrogen-bond donors (Lipinski definition) is 0. The summed E-state index contributed by atoms with van der Waals surface area (Å²) in [4.78, 5) is 12.4. The van der Waals surface area contributed by atoms with Gasteiger partial charge in [-0.25, -0.2) is 0 Å². The molecule has 1 aliphatic rings. The van der Waals surface area contributed by atoms with Crippen LogP contribution in [-0.4, -0.2) is 33.3 Å². The van der Waals surface area contributed by atoms with Crippen LogP contribution in [0.1, 0.15) is 44.4 Å². The van der Waals surface area contributed by atoms with E-state index in [2.05, 4.69) is 46.0 Å². The van der Waals surface area contributed by atoms with Crippen molar-refractivity contribution >= 4 is 14.3 Å². The summed E-state index contributed by atoms with van der Waals surface area (Å²) in [6, 6.07) is 15.6. The summed E-state index contributed by atoms with van der Waals surface area (Å²) in [5.41, 5.74) is 2.03. The van der Waals surface area contributed by atoms with Crippen LogP contribution in [0.15, 0.2) is 48.5 Å². The topological polar surface area (TPSA) is 57.2 Å². The van der Waals surface area contributed by atoms with Gasteiger partial charge in [0, 0.05) is 6.54 Å². The van der Waals surface area contributed by atoms with E-state index in [1.54, 1.807) is 0 Å². The van der Waals surface area contributed by atoms with Crippen LogP contribution >= 0.6 is 0 Å². The summed E-state index contributed by atoms with van der Waals surface area (Å²) >= 11 is 0. The first kappa shape index (κ1) is 23.3. The van der Waals surface area contributed by atoms with Crippen molar-refractivity contribution < 1.29 is 23.5 Å². The maximum atomic E-state index is 12.4. The molecular formula is C24H33NO5Si. The quantitative estimate of drug-likeness (QED) is 0.307. The molecule has 2 aromatic carbocycles. The van der Waals surface area contributed by atoms with Crippen molar-refractivity contribution in [3.63, 3.8) is 0 Å². The lowest BCUT2D eigenvalue weighted by Gasteiger charge is -2.42. The number of methoxy groups -OCH3 is 1. The number of ether oxygens (including phenoxy) is 3. The lowest BCUT2D eigenvalue weighted by molar-refractivity contribution is -0.153. The zero-order valence-corrected chi connectivity index (χ0v) is 20.3. The van der Waals surface area contributed by atoms with Crippen LogP contribution in [0.3, 0.4) is 0 Å². The maximum Gasteiger partial charge on any atom is 0.307 e. The number of nitrogens with zero attached hydrogens (tertiary/aromatic N) is 1. The van der Waals surface area contributed by atoms with Gasteiger partial charge < -0.3 is 18.7 Å². The fourth-order valence-electron chi connectivity index (χ4n) is 3.15. The Kier molecular flexibility index (Phi) is 7.09. The number of benzene rings is 2. The summed E-state index contributed by atoms with van der Waals surface area (Å²) in [6.07, 6.45) is 0.164. The normalized spacial score (nSPS) is 14.5. The lowest BCUT2D eigenvalue weighted by Crippen LogP contribution is -2.47. The van der Waals surface area contributed by atoms with E-state index < -0.39 is 8.32 Å². The van der Waals surface area contributed by atoms with E-state index in [1.165, 1.54) is 7.11 Å². The molecular weight excluding hydrogens is 410 g/mol. The third-order valence-electron chi connectivity index (χ3n) is 6.05. The first-order valence-electron chi connectivity index (χ1n) is 10.6. The van der Waals surface area contributed by atoms with Gasteiger partial charge in [-0.15, -0.1) is 0 Å². The molecule has 0 spiro atoms. The van der Waals surface area contributed by atoms with Gasteiger partial charge in [0.1, 0.15) is 0 Å². The minimum Gasteiger partial charge on any atom is -0.469 e. The molecule has 7 heteroatoms. The molecule has 0 N–H and O–H groups in total. The Balaban J connectivity index is 2.01. The number of carbonyl (C=O) groups is 1. The highest BCUT2D eigenvalue weighted by atomic mass is 28.4. The van der Waals surface area contributed by atoms with Crippen molar-refractivity contribution in [3.8, 4) is 11.5 Å². The van der Waals surface area contributed by atoms with Gasteiger partial charge in [-0.1, -0.05) is 57.2 Å². The Labute approximate surface area is 186 Å². The Hall–Kier alpha value is -2.35. The van der Waals surface area contributed by atoms with E-state index in [-0.39, 0.29) is 30.3 Å². The van der Waals surface area contributed by atoms with Crippen LogP contribution in [0, 0.1) is 0 Å². The van der Waals surface area contributed by atoms with E-state index in [0.29, 0.717) is 18.0 Å². The van der Waals surface area contributed by atoms with Crippen LogP contribution in [0.25, 0.3) is 0 Å². The largest absolute Gasteiger partial charge is 0.469 e. The van der Waals surface area contributed by atoms with Crippen molar-refractivity contribution in [1.82, 2.24) is 5.06 Å². The van der Waals surface area contributed by atoms with Crippen molar-refractivity contribution in [2.45, 2.75) is 57.9 Å². The molecule has 0 unspecified atom stereocenters.